The normalized spacial score (nSPS) is 17.5. The van der Waals surface area contributed by atoms with Gasteiger partial charge in [-0.3, -0.25) is 4.79 Å². The molecule has 0 aromatic heterocycles. The number of fused-ring (bicyclic) bond motifs is 1. The van der Waals surface area contributed by atoms with Gasteiger partial charge in [-0.25, -0.2) is 8.78 Å². The fourth-order valence-electron chi connectivity index (χ4n) is 4.65. The van der Waals surface area contributed by atoms with Crippen LogP contribution in [0.4, 0.5) is 14.5 Å². The number of hydrogen-bond acceptors (Lipinski definition) is 5. The Bertz CT molecular complexity index is 1000. The highest BCUT2D eigenvalue weighted by Gasteiger charge is 2.26. The first-order valence-electron chi connectivity index (χ1n) is 11.6. The molecule has 0 aliphatic carbocycles. The number of aliphatic hydroxyl groups excluding tert-OH is 1. The second kappa shape index (κ2) is 10.8. The molecule has 0 bridgehead atoms. The summed E-state index contributed by atoms with van der Waals surface area (Å²) >= 11 is 0. The van der Waals surface area contributed by atoms with Crippen LogP contribution in [0.1, 0.15) is 55.5 Å². The highest BCUT2D eigenvalue weighted by molar-refractivity contribution is 5.73. The molecule has 1 aliphatic rings. The zero-order valence-corrected chi connectivity index (χ0v) is 20.2. The fraction of sp³-hybridized carbons (Fsp3) is 0.500. The summed E-state index contributed by atoms with van der Waals surface area (Å²) in [5.74, 6) is -1.74. The Morgan fingerprint density at radius 3 is 2.47 bits per heavy atom. The minimum absolute atomic E-state index is 0.0315. The second-order valence-corrected chi connectivity index (χ2v) is 9.90. The maximum Gasteiger partial charge on any atom is 0.217 e. The molecular formula is C26H35F2N3O3. The molecular weight excluding hydrogens is 440 g/mol. The van der Waals surface area contributed by atoms with Gasteiger partial charge in [-0.15, -0.1) is 0 Å². The number of carbonyl (C=O) groups excluding carboxylic acids is 1. The van der Waals surface area contributed by atoms with Gasteiger partial charge >= 0.3 is 0 Å². The number of aliphatic hydroxyl groups is 2. The molecule has 3 rings (SSSR count). The molecule has 2 aromatic carbocycles. The van der Waals surface area contributed by atoms with E-state index in [2.05, 4.69) is 28.1 Å². The van der Waals surface area contributed by atoms with E-state index in [1.807, 2.05) is 6.92 Å². The van der Waals surface area contributed by atoms with Crippen LogP contribution >= 0.6 is 0 Å². The van der Waals surface area contributed by atoms with Crippen LogP contribution in [0.2, 0.25) is 0 Å². The lowest BCUT2D eigenvalue weighted by Gasteiger charge is -2.32. The monoisotopic (exact) mass is 475 g/mol. The standard InChI is InChI=1S/C26H35F2N3O3/c1-15-7-18(13-26(3,4)34)10-21-22(5-6-29-25(15)21)30-14-24(33)23(31-16(2)32)11-17-8-19(27)12-20(28)9-17/h7-10,12,22-24,29-30,33-34H,5-6,11,13-14H2,1-4H3,(H,31,32)/t22?,23-,24-/m0/s1. The van der Waals surface area contributed by atoms with Crippen molar-refractivity contribution in [1.82, 2.24) is 10.6 Å². The fourth-order valence-corrected chi connectivity index (χ4v) is 4.65. The molecule has 0 saturated carbocycles. The molecule has 34 heavy (non-hydrogen) atoms. The summed E-state index contributed by atoms with van der Waals surface area (Å²) in [6.07, 6.45) is 0.430. The van der Waals surface area contributed by atoms with Crippen molar-refractivity contribution in [2.24, 2.45) is 0 Å². The van der Waals surface area contributed by atoms with E-state index in [0.29, 0.717) is 12.0 Å². The first-order valence-corrected chi connectivity index (χ1v) is 11.6. The average molecular weight is 476 g/mol. The van der Waals surface area contributed by atoms with Crippen molar-refractivity contribution in [3.05, 3.63) is 64.2 Å². The van der Waals surface area contributed by atoms with Crippen molar-refractivity contribution < 1.29 is 23.8 Å². The van der Waals surface area contributed by atoms with E-state index in [0.717, 1.165) is 41.4 Å². The summed E-state index contributed by atoms with van der Waals surface area (Å²) in [5, 5.41) is 30.7. The third kappa shape index (κ3) is 7.22. The topological polar surface area (TPSA) is 93.6 Å². The van der Waals surface area contributed by atoms with Gasteiger partial charge in [-0.2, -0.15) is 0 Å². The number of hydrogen-bond donors (Lipinski definition) is 5. The number of benzene rings is 2. The summed E-state index contributed by atoms with van der Waals surface area (Å²) in [6.45, 7) is 7.88. The molecule has 6 nitrogen and oxygen atoms in total. The summed E-state index contributed by atoms with van der Waals surface area (Å²) in [7, 11) is 0. The van der Waals surface area contributed by atoms with Gasteiger partial charge in [-0.1, -0.05) is 12.1 Å². The van der Waals surface area contributed by atoms with Gasteiger partial charge in [0, 0.05) is 44.2 Å². The maximum absolute atomic E-state index is 13.6. The Morgan fingerprint density at radius 1 is 1.18 bits per heavy atom. The SMILES string of the molecule is CC(=O)N[C@@H](Cc1cc(F)cc(F)c1)[C@@H](O)CNC1CCNc2c(C)cc(CC(C)(C)O)cc21. The number of aryl methyl sites for hydroxylation is 1. The average Bonchev–Trinajstić information content (AvgIpc) is 2.69. The van der Waals surface area contributed by atoms with Crippen molar-refractivity contribution in [2.45, 2.75) is 70.7 Å². The van der Waals surface area contributed by atoms with Crippen molar-refractivity contribution in [3.8, 4) is 0 Å². The summed E-state index contributed by atoms with van der Waals surface area (Å²) in [4.78, 5) is 11.7. The van der Waals surface area contributed by atoms with Crippen LogP contribution < -0.4 is 16.0 Å². The lowest BCUT2D eigenvalue weighted by atomic mass is 9.89. The molecule has 186 valence electrons. The predicted octanol–water partition coefficient (Wildman–Crippen LogP) is 3.14. The van der Waals surface area contributed by atoms with Crippen LogP contribution in [0.25, 0.3) is 0 Å². The third-order valence-electron chi connectivity index (χ3n) is 5.98. The van der Waals surface area contributed by atoms with Crippen LogP contribution in [0.3, 0.4) is 0 Å². The molecule has 1 unspecified atom stereocenters. The highest BCUT2D eigenvalue weighted by atomic mass is 19.1. The zero-order valence-electron chi connectivity index (χ0n) is 20.2. The van der Waals surface area contributed by atoms with Crippen LogP contribution in [-0.2, 0) is 17.6 Å². The van der Waals surface area contributed by atoms with Crippen molar-refractivity contribution in [3.63, 3.8) is 0 Å². The number of carbonyl (C=O) groups is 1. The molecule has 5 N–H and O–H groups in total. The van der Waals surface area contributed by atoms with Crippen molar-refractivity contribution in [1.29, 1.82) is 0 Å². The van der Waals surface area contributed by atoms with Gasteiger partial charge < -0.3 is 26.2 Å². The largest absolute Gasteiger partial charge is 0.390 e. The summed E-state index contributed by atoms with van der Waals surface area (Å²) < 4.78 is 27.2. The van der Waals surface area contributed by atoms with E-state index in [1.54, 1.807) is 13.8 Å². The molecule has 0 spiro atoms. The second-order valence-electron chi connectivity index (χ2n) is 9.90. The third-order valence-corrected chi connectivity index (χ3v) is 5.98. The quantitative estimate of drug-likeness (QED) is 0.384. The number of halogens is 2. The molecule has 2 aromatic rings. The van der Waals surface area contributed by atoms with Gasteiger partial charge in [-0.05, 0) is 68.0 Å². The molecule has 1 amide bonds. The Labute approximate surface area is 199 Å². The van der Waals surface area contributed by atoms with Gasteiger partial charge in [0.25, 0.3) is 0 Å². The lowest BCUT2D eigenvalue weighted by molar-refractivity contribution is -0.120. The Morgan fingerprint density at radius 2 is 1.85 bits per heavy atom. The minimum atomic E-state index is -0.978. The first-order chi connectivity index (χ1) is 15.9. The zero-order chi connectivity index (χ0) is 25.0. The molecule has 0 saturated heterocycles. The first kappa shape index (κ1) is 26.1. The highest BCUT2D eigenvalue weighted by Crippen LogP contribution is 2.34. The number of nitrogens with one attached hydrogen (secondary N) is 3. The van der Waals surface area contributed by atoms with Gasteiger partial charge in [0.15, 0.2) is 0 Å². The smallest absolute Gasteiger partial charge is 0.217 e. The molecule has 1 aliphatic heterocycles. The van der Waals surface area contributed by atoms with Gasteiger partial charge in [0.05, 0.1) is 17.7 Å². The van der Waals surface area contributed by atoms with E-state index in [-0.39, 0.29) is 24.9 Å². The van der Waals surface area contributed by atoms with E-state index in [9.17, 15) is 23.8 Å². The van der Waals surface area contributed by atoms with Gasteiger partial charge in [0.1, 0.15) is 11.6 Å². The summed E-state index contributed by atoms with van der Waals surface area (Å²) in [5.41, 5.74) is 3.77. The molecule has 1 heterocycles. The number of amides is 1. The minimum Gasteiger partial charge on any atom is -0.390 e. The number of anilines is 1. The van der Waals surface area contributed by atoms with Crippen molar-refractivity contribution in [2.75, 3.05) is 18.4 Å². The predicted molar refractivity (Wildman–Crippen MR) is 129 cm³/mol. The molecule has 8 heteroatoms. The lowest BCUT2D eigenvalue weighted by Crippen LogP contribution is -2.49. The van der Waals surface area contributed by atoms with E-state index < -0.39 is 29.4 Å². The Kier molecular flexibility index (Phi) is 8.28. The van der Waals surface area contributed by atoms with Gasteiger partial charge in [0.2, 0.25) is 5.91 Å². The Hall–Kier alpha value is -2.55. The molecule has 3 atom stereocenters. The van der Waals surface area contributed by atoms with Crippen LogP contribution in [0.5, 0.6) is 0 Å². The van der Waals surface area contributed by atoms with E-state index in [1.165, 1.54) is 19.1 Å². The Balaban J connectivity index is 1.74. The van der Waals surface area contributed by atoms with E-state index >= 15 is 0 Å². The maximum atomic E-state index is 13.6. The van der Waals surface area contributed by atoms with Crippen LogP contribution in [-0.4, -0.2) is 47.0 Å². The number of rotatable bonds is 9. The van der Waals surface area contributed by atoms with Crippen molar-refractivity contribution >= 4 is 11.6 Å². The summed E-state index contributed by atoms with van der Waals surface area (Å²) in [6, 6.07) is 6.61. The van der Waals surface area contributed by atoms with Crippen LogP contribution in [0, 0.1) is 18.6 Å². The van der Waals surface area contributed by atoms with E-state index in [4.69, 9.17) is 0 Å². The molecule has 0 fully saturated rings. The molecule has 0 radical (unpaired) electrons. The van der Waals surface area contributed by atoms with Crippen LogP contribution in [0.15, 0.2) is 30.3 Å².